The summed E-state index contributed by atoms with van der Waals surface area (Å²) >= 11 is 0. The van der Waals surface area contributed by atoms with Crippen molar-refractivity contribution in [3.63, 3.8) is 0 Å². The third-order valence-electron chi connectivity index (χ3n) is 7.34. The summed E-state index contributed by atoms with van der Waals surface area (Å²) in [7, 11) is 3.67. The molecule has 0 radical (unpaired) electrons. The smallest absolute Gasteiger partial charge is 0.223 e. The zero-order valence-corrected chi connectivity index (χ0v) is 20.1. The Hall–Kier alpha value is -3.34. The maximum Gasteiger partial charge on any atom is 0.223 e. The Morgan fingerprint density at radius 1 is 0.882 bits per heavy atom. The van der Waals surface area contributed by atoms with Crippen molar-refractivity contribution in [3.8, 4) is 6.07 Å². The average molecular weight is 464 g/mol. The normalized spacial score (nSPS) is 18.2. The van der Waals surface area contributed by atoms with E-state index < -0.39 is 0 Å². The van der Waals surface area contributed by atoms with E-state index in [0.29, 0.717) is 44.3 Å². The topological polar surface area (TPSA) is 88.0 Å². The molecule has 0 N–H and O–H groups in total. The third kappa shape index (κ3) is 4.79. The minimum absolute atomic E-state index is 0.00984. The lowest BCUT2D eigenvalue weighted by molar-refractivity contribution is -0.140. The summed E-state index contributed by atoms with van der Waals surface area (Å²) in [4.78, 5) is 45.5. The second-order valence-electron chi connectivity index (χ2n) is 9.46. The molecule has 4 rings (SSSR count). The summed E-state index contributed by atoms with van der Waals surface area (Å²) in [6, 6.07) is 9.79. The molecule has 3 aliphatic rings. The van der Waals surface area contributed by atoms with E-state index in [9.17, 15) is 19.6 Å². The van der Waals surface area contributed by atoms with Crippen molar-refractivity contribution >= 4 is 29.0 Å². The van der Waals surface area contributed by atoms with Gasteiger partial charge in [-0.15, -0.1) is 0 Å². The van der Waals surface area contributed by atoms with Gasteiger partial charge in [-0.3, -0.25) is 14.4 Å². The number of carbonyl (C=O) groups excluding carboxylic acids is 3. The van der Waals surface area contributed by atoms with Gasteiger partial charge in [0.25, 0.3) is 0 Å². The zero-order valence-electron chi connectivity index (χ0n) is 20.1. The maximum atomic E-state index is 12.9. The predicted octanol–water partition coefficient (Wildman–Crippen LogP) is 2.91. The molecule has 8 heteroatoms. The van der Waals surface area contributed by atoms with Gasteiger partial charge in [0.15, 0.2) is 5.78 Å². The van der Waals surface area contributed by atoms with E-state index in [1.165, 1.54) is 12.8 Å². The molecule has 34 heavy (non-hydrogen) atoms. The van der Waals surface area contributed by atoms with Gasteiger partial charge in [0.05, 0.1) is 11.4 Å². The number of hydrogen-bond donors (Lipinski definition) is 0. The molecule has 0 bridgehead atoms. The SMILES string of the molecule is CN1C(=C(C#N)C(=O)CCC(=O)N2CCN(C(=O)CC3CCCC3)CC2)N(C)c2ccccc21. The number of allylic oxidation sites excluding steroid dienone is 1. The fraction of sp³-hybridized carbons (Fsp3) is 0.538. The van der Waals surface area contributed by atoms with Crippen LogP contribution in [0.4, 0.5) is 11.4 Å². The van der Waals surface area contributed by atoms with Crippen molar-refractivity contribution < 1.29 is 14.4 Å². The highest BCUT2D eigenvalue weighted by Crippen LogP contribution is 2.40. The molecular formula is C26H33N5O3. The predicted molar refractivity (Wildman–Crippen MR) is 130 cm³/mol. The summed E-state index contributed by atoms with van der Waals surface area (Å²) in [6.45, 7) is 2.09. The lowest BCUT2D eigenvalue weighted by Gasteiger charge is -2.35. The van der Waals surface area contributed by atoms with Gasteiger partial charge < -0.3 is 19.6 Å². The molecule has 0 spiro atoms. The summed E-state index contributed by atoms with van der Waals surface area (Å²) in [6.07, 6.45) is 5.43. The number of Topliss-reactive ketones (excluding diaryl/α,β-unsaturated/α-hetero) is 1. The fourth-order valence-electron chi connectivity index (χ4n) is 5.36. The van der Waals surface area contributed by atoms with Crippen LogP contribution in [0.2, 0.25) is 0 Å². The molecule has 1 aliphatic carbocycles. The quantitative estimate of drug-likeness (QED) is 0.476. The van der Waals surface area contributed by atoms with E-state index in [4.69, 9.17) is 0 Å². The van der Waals surface area contributed by atoms with Crippen molar-refractivity contribution in [2.45, 2.75) is 44.9 Å². The number of fused-ring (bicyclic) bond motifs is 1. The molecule has 2 fully saturated rings. The largest absolute Gasteiger partial charge is 0.339 e. The third-order valence-corrected chi connectivity index (χ3v) is 7.34. The molecule has 2 aliphatic heterocycles. The van der Waals surface area contributed by atoms with Gasteiger partial charge >= 0.3 is 0 Å². The maximum absolute atomic E-state index is 12.9. The van der Waals surface area contributed by atoms with Gasteiger partial charge in [-0.2, -0.15) is 5.26 Å². The molecular weight excluding hydrogens is 430 g/mol. The van der Waals surface area contributed by atoms with E-state index in [2.05, 4.69) is 6.07 Å². The Balaban J connectivity index is 1.30. The number of rotatable bonds is 6. The van der Waals surface area contributed by atoms with Crippen molar-refractivity contribution in [3.05, 3.63) is 35.7 Å². The standard InChI is InChI=1S/C26H33N5O3/c1-28-21-9-5-6-10-22(21)29(2)26(28)20(18-27)23(32)11-12-24(33)30-13-15-31(16-14-30)25(34)17-19-7-3-4-8-19/h5-6,9-10,19H,3-4,7-8,11-17H2,1-2H3. The highest BCUT2D eigenvalue weighted by molar-refractivity contribution is 6.03. The van der Waals surface area contributed by atoms with Gasteiger partial charge in [-0.1, -0.05) is 25.0 Å². The number of ketones is 1. The number of para-hydroxylation sites is 2. The number of nitrogens with zero attached hydrogens (tertiary/aromatic N) is 5. The van der Waals surface area contributed by atoms with Crippen LogP contribution >= 0.6 is 0 Å². The van der Waals surface area contributed by atoms with Crippen LogP contribution in [-0.2, 0) is 14.4 Å². The Bertz CT molecular complexity index is 998. The molecule has 1 aromatic rings. The monoisotopic (exact) mass is 463 g/mol. The molecule has 1 saturated carbocycles. The molecule has 0 unspecified atom stereocenters. The summed E-state index contributed by atoms with van der Waals surface area (Å²) in [5.74, 6) is 0.825. The second-order valence-corrected chi connectivity index (χ2v) is 9.46. The van der Waals surface area contributed by atoms with Crippen LogP contribution in [0.25, 0.3) is 0 Å². The number of carbonyl (C=O) groups is 3. The van der Waals surface area contributed by atoms with Gasteiger partial charge in [0, 0.05) is 59.5 Å². The molecule has 1 saturated heterocycles. The Labute approximate surface area is 201 Å². The fourth-order valence-corrected chi connectivity index (χ4v) is 5.36. The van der Waals surface area contributed by atoms with Gasteiger partial charge in [0.2, 0.25) is 11.8 Å². The van der Waals surface area contributed by atoms with E-state index in [1.54, 1.807) is 4.90 Å². The number of piperazine rings is 1. The van der Waals surface area contributed by atoms with E-state index in [-0.39, 0.29) is 36.0 Å². The van der Waals surface area contributed by atoms with E-state index in [1.807, 2.05) is 53.1 Å². The second kappa shape index (κ2) is 10.3. The molecule has 0 aromatic heterocycles. The number of benzene rings is 1. The van der Waals surface area contributed by atoms with Gasteiger partial charge in [0.1, 0.15) is 17.5 Å². The van der Waals surface area contributed by atoms with Crippen LogP contribution < -0.4 is 9.80 Å². The number of nitriles is 1. The highest BCUT2D eigenvalue weighted by atomic mass is 16.2. The summed E-state index contributed by atoms with van der Waals surface area (Å²) in [5.41, 5.74) is 1.92. The van der Waals surface area contributed by atoms with Crippen LogP contribution in [0.15, 0.2) is 35.7 Å². The lowest BCUT2D eigenvalue weighted by atomic mass is 10.0. The first kappa shape index (κ1) is 23.8. The van der Waals surface area contributed by atoms with E-state index >= 15 is 0 Å². The minimum Gasteiger partial charge on any atom is -0.339 e. The van der Waals surface area contributed by atoms with Gasteiger partial charge in [-0.25, -0.2) is 0 Å². The van der Waals surface area contributed by atoms with Gasteiger partial charge in [-0.05, 0) is 30.9 Å². The molecule has 2 heterocycles. The zero-order chi connectivity index (χ0) is 24.2. The van der Waals surface area contributed by atoms with Crippen LogP contribution in [-0.4, -0.2) is 67.7 Å². The molecule has 8 nitrogen and oxygen atoms in total. The summed E-state index contributed by atoms with van der Waals surface area (Å²) in [5, 5.41) is 9.75. The average Bonchev–Trinajstić information content (AvgIpc) is 3.45. The van der Waals surface area contributed by atoms with Crippen molar-refractivity contribution in [1.29, 1.82) is 5.26 Å². The van der Waals surface area contributed by atoms with E-state index in [0.717, 1.165) is 24.2 Å². The Morgan fingerprint density at radius 2 is 1.41 bits per heavy atom. The first-order chi connectivity index (χ1) is 16.4. The van der Waals surface area contributed by atoms with Crippen molar-refractivity contribution in [2.75, 3.05) is 50.1 Å². The highest BCUT2D eigenvalue weighted by Gasteiger charge is 2.32. The molecule has 1 aromatic carbocycles. The minimum atomic E-state index is -0.331. The molecule has 180 valence electrons. The Kier molecular flexibility index (Phi) is 7.20. The Morgan fingerprint density at radius 3 is 1.94 bits per heavy atom. The lowest BCUT2D eigenvalue weighted by Crippen LogP contribution is -2.50. The number of anilines is 2. The first-order valence-corrected chi connectivity index (χ1v) is 12.2. The first-order valence-electron chi connectivity index (χ1n) is 12.2. The van der Waals surface area contributed by atoms with Crippen LogP contribution in [0, 0.1) is 17.2 Å². The van der Waals surface area contributed by atoms with Crippen LogP contribution in [0.5, 0.6) is 0 Å². The van der Waals surface area contributed by atoms with Crippen LogP contribution in [0.1, 0.15) is 44.9 Å². The molecule has 0 atom stereocenters. The summed E-state index contributed by atoms with van der Waals surface area (Å²) < 4.78 is 0. The van der Waals surface area contributed by atoms with Crippen molar-refractivity contribution in [2.24, 2.45) is 5.92 Å². The molecule has 2 amide bonds. The van der Waals surface area contributed by atoms with Crippen molar-refractivity contribution in [1.82, 2.24) is 9.80 Å². The van der Waals surface area contributed by atoms with Crippen LogP contribution in [0.3, 0.4) is 0 Å². The number of amides is 2. The number of hydrogen-bond acceptors (Lipinski definition) is 6.